The van der Waals surface area contributed by atoms with Crippen LogP contribution in [0.15, 0.2) is 36.4 Å². The summed E-state index contributed by atoms with van der Waals surface area (Å²) in [7, 11) is 3.97. The van der Waals surface area contributed by atoms with E-state index in [0.29, 0.717) is 42.2 Å². The van der Waals surface area contributed by atoms with Gasteiger partial charge in [-0.1, -0.05) is 11.8 Å². The number of rotatable bonds is 4. The van der Waals surface area contributed by atoms with Gasteiger partial charge in [-0.05, 0) is 76.2 Å². The van der Waals surface area contributed by atoms with E-state index in [4.69, 9.17) is 10.00 Å². The van der Waals surface area contributed by atoms with E-state index in [1.807, 2.05) is 25.1 Å². The number of benzene rings is 2. The Morgan fingerprint density at radius 3 is 2.65 bits per heavy atom. The molecule has 2 aromatic carbocycles. The maximum absolute atomic E-state index is 13.1. The summed E-state index contributed by atoms with van der Waals surface area (Å²) < 4.78 is 5.92. The van der Waals surface area contributed by atoms with E-state index in [9.17, 15) is 4.79 Å². The summed E-state index contributed by atoms with van der Waals surface area (Å²) in [5.74, 6) is 6.82. The standard InChI is InChI=1S/C27H29N5O2/c1-31(2)13-3-4-19-15-22(32-20-6-7-21(32)9-8-20)10-11-23(19)30-27(33)26-17-29-24-14-18(16-28)5-12-25(24)34-26/h5,10-12,14-15,20-21,26,29H,6-9,13,17H2,1-2H3,(H,30,33). The van der Waals surface area contributed by atoms with Crippen molar-refractivity contribution >= 4 is 23.0 Å². The third-order valence-corrected chi connectivity index (χ3v) is 6.78. The molecule has 0 saturated carbocycles. The first-order chi connectivity index (χ1) is 16.5. The van der Waals surface area contributed by atoms with Crippen LogP contribution in [-0.2, 0) is 4.79 Å². The van der Waals surface area contributed by atoms with Crippen LogP contribution in [0.2, 0.25) is 0 Å². The van der Waals surface area contributed by atoms with Gasteiger partial charge in [0.1, 0.15) is 5.75 Å². The van der Waals surface area contributed by atoms with Gasteiger partial charge in [0.2, 0.25) is 0 Å². The molecule has 0 radical (unpaired) electrons. The average molecular weight is 456 g/mol. The van der Waals surface area contributed by atoms with E-state index < -0.39 is 6.10 Å². The van der Waals surface area contributed by atoms with E-state index in [1.165, 1.54) is 31.4 Å². The van der Waals surface area contributed by atoms with Gasteiger partial charge in [-0.25, -0.2) is 0 Å². The molecule has 0 aromatic heterocycles. The van der Waals surface area contributed by atoms with Crippen molar-refractivity contribution in [3.05, 3.63) is 47.5 Å². The smallest absolute Gasteiger partial charge is 0.267 e. The van der Waals surface area contributed by atoms with Gasteiger partial charge in [-0.2, -0.15) is 5.26 Å². The van der Waals surface area contributed by atoms with Crippen LogP contribution >= 0.6 is 0 Å². The van der Waals surface area contributed by atoms with Crippen LogP contribution in [0.3, 0.4) is 0 Å². The lowest BCUT2D eigenvalue weighted by atomic mass is 10.0. The van der Waals surface area contributed by atoms with E-state index in [-0.39, 0.29) is 5.91 Å². The Bertz CT molecular complexity index is 1190. The largest absolute Gasteiger partial charge is 0.477 e. The first-order valence-electron chi connectivity index (χ1n) is 11.8. The second kappa shape index (κ2) is 9.29. The number of fused-ring (bicyclic) bond motifs is 3. The summed E-state index contributed by atoms with van der Waals surface area (Å²) in [6.07, 6.45) is 4.35. The Morgan fingerprint density at radius 1 is 1.18 bits per heavy atom. The molecule has 3 aliphatic rings. The number of ether oxygens (including phenoxy) is 1. The van der Waals surface area contributed by atoms with Crippen LogP contribution in [0.25, 0.3) is 0 Å². The molecule has 1 amide bonds. The summed E-state index contributed by atoms with van der Waals surface area (Å²) in [5.41, 5.74) is 3.98. The molecule has 2 aromatic rings. The monoisotopic (exact) mass is 455 g/mol. The molecular weight excluding hydrogens is 426 g/mol. The zero-order valence-electron chi connectivity index (χ0n) is 19.6. The SMILES string of the molecule is CN(C)CC#Cc1cc(N2C3CCC2CC3)ccc1NC(=O)C1CNc2cc(C#N)ccc2O1. The molecule has 34 heavy (non-hydrogen) atoms. The number of hydrogen-bond acceptors (Lipinski definition) is 6. The third kappa shape index (κ3) is 4.40. The van der Waals surface area contributed by atoms with Crippen LogP contribution in [0.1, 0.15) is 36.8 Å². The fraction of sp³-hybridized carbons (Fsp3) is 0.407. The summed E-state index contributed by atoms with van der Waals surface area (Å²) >= 11 is 0. The fourth-order valence-electron chi connectivity index (χ4n) is 5.13. The zero-order chi connectivity index (χ0) is 23.7. The Hall–Kier alpha value is -3.68. The van der Waals surface area contributed by atoms with Gasteiger partial charge in [0.25, 0.3) is 5.91 Å². The molecule has 3 heterocycles. The zero-order valence-corrected chi connectivity index (χ0v) is 19.6. The number of nitriles is 1. The minimum atomic E-state index is -0.683. The molecule has 174 valence electrons. The molecule has 1 atom stereocenters. The Morgan fingerprint density at radius 2 is 1.94 bits per heavy atom. The molecule has 3 aliphatic heterocycles. The number of carbonyl (C=O) groups excluding carboxylic acids is 1. The number of anilines is 3. The lowest BCUT2D eigenvalue weighted by Crippen LogP contribution is -2.41. The molecular formula is C27H29N5O2. The van der Waals surface area contributed by atoms with Crippen molar-refractivity contribution in [1.82, 2.24) is 4.90 Å². The molecule has 5 rings (SSSR count). The molecule has 0 aliphatic carbocycles. The normalized spacial score (nSPS) is 22.2. The van der Waals surface area contributed by atoms with E-state index >= 15 is 0 Å². The van der Waals surface area contributed by atoms with Crippen molar-refractivity contribution in [2.75, 3.05) is 42.7 Å². The number of nitrogens with zero attached hydrogens (tertiary/aromatic N) is 3. The minimum absolute atomic E-state index is 0.229. The van der Waals surface area contributed by atoms with Crippen molar-refractivity contribution in [1.29, 1.82) is 5.26 Å². The van der Waals surface area contributed by atoms with Crippen molar-refractivity contribution < 1.29 is 9.53 Å². The number of carbonyl (C=O) groups is 1. The van der Waals surface area contributed by atoms with Gasteiger partial charge in [0.05, 0.1) is 41.7 Å². The molecule has 2 N–H and O–H groups in total. The maximum Gasteiger partial charge on any atom is 0.267 e. The highest BCUT2D eigenvalue weighted by Crippen LogP contribution is 2.41. The van der Waals surface area contributed by atoms with Gasteiger partial charge in [0.15, 0.2) is 6.10 Å². The molecule has 0 spiro atoms. The quantitative estimate of drug-likeness (QED) is 0.688. The van der Waals surface area contributed by atoms with Crippen molar-refractivity contribution in [2.45, 2.75) is 43.9 Å². The molecule has 7 nitrogen and oxygen atoms in total. The molecule has 2 fully saturated rings. The first-order valence-corrected chi connectivity index (χ1v) is 11.8. The van der Waals surface area contributed by atoms with Crippen LogP contribution in [0.5, 0.6) is 5.75 Å². The highest BCUT2D eigenvalue weighted by molar-refractivity contribution is 5.96. The van der Waals surface area contributed by atoms with E-state index in [2.05, 4.69) is 45.6 Å². The second-order valence-electron chi connectivity index (χ2n) is 9.44. The summed E-state index contributed by atoms with van der Waals surface area (Å²) in [6, 6.07) is 14.7. The van der Waals surface area contributed by atoms with Crippen LogP contribution < -0.4 is 20.3 Å². The maximum atomic E-state index is 13.1. The summed E-state index contributed by atoms with van der Waals surface area (Å²) in [6.45, 7) is 0.967. The molecule has 7 heteroatoms. The van der Waals surface area contributed by atoms with Crippen molar-refractivity contribution in [3.8, 4) is 23.7 Å². The highest BCUT2D eigenvalue weighted by Gasteiger charge is 2.39. The van der Waals surface area contributed by atoms with Gasteiger partial charge < -0.3 is 20.3 Å². The van der Waals surface area contributed by atoms with E-state index in [1.54, 1.807) is 18.2 Å². The van der Waals surface area contributed by atoms with Crippen molar-refractivity contribution in [3.63, 3.8) is 0 Å². The number of amides is 1. The van der Waals surface area contributed by atoms with Gasteiger partial charge in [-0.15, -0.1) is 0 Å². The van der Waals surface area contributed by atoms with E-state index in [0.717, 1.165) is 11.3 Å². The molecule has 2 saturated heterocycles. The Labute approximate surface area is 200 Å². The second-order valence-corrected chi connectivity index (χ2v) is 9.44. The Balaban J connectivity index is 1.36. The van der Waals surface area contributed by atoms with Crippen LogP contribution in [-0.4, -0.2) is 56.2 Å². The fourth-order valence-corrected chi connectivity index (χ4v) is 5.13. The van der Waals surface area contributed by atoms with Crippen LogP contribution in [0, 0.1) is 23.2 Å². The lowest BCUT2D eigenvalue weighted by Gasteiger charge is -2.27. The van der Waals surface area contributed by atoms with Crippen LogP contribution in [0.4, 0.5) is 17.1 Å². The first kappa shape index (κ1) is 22.1. The number of nitrogens with one attached hydrogen (secondary N) is 2. The summed E-state index contributed by atoms with van der Waals surface area (Å²) in [5, 5.41) is 15.3. The predicted octanol–water partition coefficient (Wildman–Crippen LogP) is 3.41. The average Bonchev–Trinajstić information content (AvgIpc) is 3.44. The Kier molecular flexibility index (Phi) is 6.04. The van der Waals surface area contributed by atoms with Gasteiger partial charge in [0, 0.05) is 17.8 Å². The third-order valence-electron chi connectivity index (χ3n) is 6.78. The molecule has 2 bridgehead atoms. The minimum Gasteiger partial charge on any atom is -0.477 e. The van der Waals surface area contributed by atoms with Crippen molar-refractivity contribution in [2.24, 2.45) is 0 Å². The van der Waals surface area contributed by atoms with Gasteiger partial charge in [-0.3, -0.25) is 9.69 Å². The topological polar surface area (TPSA) is 80.6 Å². The van der Waals surface area contributed by atoms with Gasteiger partial charge >= 0.3 is 0 Å². The predicted molar refractivity (Wildman–Crippen MR) is 133 cm³/mol. The lowest BCUT2D eigenvalue weighted by molar-refractivity contribution is -0.122. The highest BCUT2D eigenvalue weighted by atomic mass is 16.5. The molecule has 1 unspecified atom stereocenters. The summed E-state index contributed by atoms with van der Waals surface area (Å²) in [4.78, 5) is 17.7. The number of hydrogen-bond donors (Lipinski definition) is 2.